The first-order valence-electron chi connectivity index (χ1n) is 13.3. The summed E-state index contributed by atoms with van der Waals surface area (Å²) in [6, 6.07) is 13.6. The van der Waals surface area contributed by atoms with Crippen molar-refractivity contribution in [1.82, 2.24) is 4.98 Å². The molecule has 0 aliphatic heterocycles. The molecule has 1 saturated carbocycles. The summed E-state index contributed by atoms with van der Waals surface area (Å²) in [6.07, 6.45) is 22.7. The summed E-state index contributed by atoms with van der Waals surface area (Å²) in [5.74, 6) is 1.98. The maximum atomic E-state index is 4.73. The summed E-state index contributed by atoms with van der Waals surface area (Å²) in [7, 11) is 0. The van der Waals surface area contributed by atoms with Gasteiger partial charge in [-0.2, -0.15) is 0 Å². The lowest BCUT2D eigenvalue weighted by Crippen LogP contribution is -2.15. The SMILES string of the molecule is CCCCCCc1ccc(-c2ccc(CCC3CCC(CCCCC)CC3)cc2)nc1. The van der Waals surface area contributed by atoms with E-state index in [0.717, 1.165) is 24.0 Å². The van der Waals surface area contributed by atoms with E-state index in [-0.39, 0.29) is 0 Å². The monoisotopic (exact) mass is 419 g/mol. The predicted molar refractivity (Wildman–Crippen MR) is 135 cm³/mol. The van der Waals surface area contributed by atoms with Crippen LogP contribution in [0.1, 0.15) is 108 Å². The van der Waals surface area contributed by atoms with Gasteiger partial charge < -0.3 is 0 Å². The average Bonchev–Trinajstić information content (AvgIpc) is 2.82. The Labute approximate surface area is 192 Å². The summed E-state index contributed by atoms with van der Waals surface area (Å²) in [4.78, 5) is 4.73. The second-order valence-corrected chi connectivity index (χ2v) is 9.98. The fourth-order valence-corrected chi connectivity index (χ4v) is 5.20. The van der Waals surface area contributed by atoms with Crippen molar-refractivity contribution in [3.63, 3.8) is 0 Å². The minimum absolute atomic E-state index is 0.952. The first-order chi connectivity index (χ1) is 15.3. The van der Waals surface area contributed by atoms with Crippen LogP contribution in [0.3, 0.4) is 0 Å². The molecular weight excluding hydrogens is 374 g/mol. The highest BCUT2D eigenvalue weighted by Gasteiger charge is 2.20. The second-order valence-electron chi connectivity index (χ2n) is 9.98. The van der Waals surface area contributed by atoms with E-state index in [9.17, 15) is 0 Å². The van der Waals surface area contributed by atoms with E-state index in [2.05, 4.69) is 56.4 Å². The van der Waals surface area contributed by atoms with Crippen molar-refractivity contribution in [1.29, 1.82) is 0 Å². The molecule has 0 saturated heterocycles. The molecule has 2 aromatic rings. The summed E-state index contributed by atoms with van der Waals surface area (Å²) < 4.78 is 0. The Morgan fingerprint density at radius 2 is 1.29 bits per heavy atom. The van der Waals surface area contributed by atoms with Crippen LogP contribution in [-0.4, -0.2) is 4.98 Å². The van der Waals surface area contributed by atoms with Crippen LogP contribution >= 0.6 is 0 Å². The van der Waals surface area contributed by atoms with Gasteiger partial charge in [0.2, 0.25) is 0 Å². The van der Waals surface area contributed by atoms with Gasteiger partial charge in [-0.1, -0.05) is 115 Å². The number of benzene rings is 1. The molecule has 1 heteroatoms. The van der Waals surface area contributed by atoms with Crippen molar-refractivity contribution in [2.75, 3.05) is 0 Å². The molecule has 0 radical (unpaired) electrons. The van der Waals surface area contributed by atoms with Crippen LogP contribution in [0, 0.1) is 11.8 Å². The van der Waals surface area contributed by atoms with Crippen molar-refractivity contribution in [3.8, 4) is 11.3 Å². The van der Waals surface area contributed by atoms with E-state index < -0.39 is 0 Å². The van der Waals surface area contributed by atoms with Gasteiger partial charge in [0.1, 0.15) is 0 Å². The maximum absolute atomic E-state index is 4.73. The fraction of sp³-hybridized carbons (Fsp3) is 0.633. The zero-order valence-corrected chi connectivity index (χ0v) is 20.2. The number of pyridine rings is 1. The first kappa shape index (κ1) is 24.0. The molecule has 0 unspecified atom stereocenters. The van der Waals surface area contributed by atoms with E-state index in [0.29, 0.717) is 0 Å². The summed E-state index contributed by atoms with van der Waals surface area (Å²) in [5, 5.41) is 0. The van der Waals surface area contributed by atoms with Crippen molar-refractivity contribution in [2.24, 2.45) is 11.8 Å². The van der Waals surface area contributed by atoms with E-state index >= 15 is 0 Å². The Bertz CT molecular complexity index is 707. The smallest absolute Gasteiger partial charge is 0.0702 e. The number of aromatic nitrogens is 1. The van der Waals surface area contributed by atoms with Gasteiger partial charge in [-0.15, -0.1) is 0 Å². The van der Waals surface area contributed by atoms with Gasteiger partial charge in [-0.05, 0) is 54.7 Å². The van der Waals surface area contributed by atoms with Gasteiger partial charge in [0.15, 0.2) is 0 Å². The van der Waals surface area contributed by atoms with Crippen molar-refractivity contribution in [2.45, 2.75) is 110 Å². The average molecular weight is 420 g/mol. The molecule has 1 heterocycles. The van der Waals surface area contributed by atoms with Gasteiger partial charge >= 0.3 is 0 Å². The van der Waals surface area contributed by atoms with E-state index in [4.69, 9.17) is 4.98 Å². The number of rotatable bonds is 13. The summed E-state index contributed by atoms with van der Waals surface area (Å²) >= 11 is 0. The maximum Gasteiger partial charge on any atom is 0.0702 e. The molecule has 1 aliphatic rings. The Hall–Kier alpha value is -1.63. The number of unbranched alkanes of at least 4 members (excludes halogenated alkanes) is 5. The molecular formula is C30H45N. The lowest BCUT2D eigenvalue weighted by Gasteiger charge is -2.28. The van der Waals surface area contributed by atoms with E-state index in [1.807, 2.05) is 0 Å². The van der Waals surface area contributed by atoms with Crippen LogP contribution in [0.2, 0.25) is 0 Å². The molecule has 170 valence electrons. The van der Waals surface area contributed by atoms with Crippen LogP contribution in [-0.2, 0) is 12.8 Å². The first-order valence-corrected chi connectivity index (χ1v) is 13.3. The van der Waals surface area contributed by atoms with Crippen molar-refractivity contribution >= 4 is 0 Å². The topological polar surface area (TPSA) is 12.9 Å². The standard InChI is InChI=1S/C30H45N/c1-3-5-7-9-11-28-20-23-30(31-24-28)29-21-18-27(19-22-29)17-16-26-14-12-25(13-15-26)10-8-6-4-2/h18-26H,3-17H2,1-2H3. The van der Waals surface area contributed by atoms with Gasteiger partial charge in [0, 0.05) is 11.8 Å². The van der Waals surface area contributed by atoms with E-state index in [1.54, 1.807) is 0 Å². The zero-order chi connectivity index (χ0) is 21.7. The Morgan fingerprint density at radius 1 is 0.645 bits per heavy atom. The van der Waals surface area contributed by atoms with Crippen LogP contribution < -0.4 is 0 Å². The van der Waals surface area contributed by atoms with Gasteiger partial charge in [-0.25, -0.2) is 0 Å². The van der Waals surface area contributed by atoms with Crippen molar-refractivity contribution < 1.29 is 0 Å². The normalized spacial score (nSPS) is 18.9. The number of nitrogens with zero attached hydrogens (tertiary/aromatic N) is 1. The largest absolute Gasteiger partial charge is 0.256 e. The molecule has 0 atom stereocenters. The highest BCUT2D eigenvalue weighted by molar-refractivity contribution is 5.59. The molecule has 31 heavy (non-hydrogen) atoms. The number of hydrogen-bond acceptors (Lipinski definition) is 1. The van der Waals surface area contributed by atoms with Crippen LogP contribution in [0.25, 0.3) is 11.3 Å². The van der Waals surface area contributed by atoms with Gasteiger partial charge in [0.25, 0.3) is 0 Å². The van der Waals surface area contributed by atoms with Crippen molar-refractivity contribution in [3.05, 3.63) is 53.7 Å². The minimum Gasteiger partial charge on any atom is -0.256 e. The van der Waals surface area contributed by atoms with Gasteiger partial charge in [-0.3, -0.25) is 4.98 Å². The van der Waals surface area contributed by atoms with Crippen LogP contribution in [0.4, 0.5) is 0 Å². The zero-order valence-electron chi connectivity index (χ0n) is 20.2. The predicted octanol–water partition coefficient (Wildman–Crippen LogP) is 9.19. The molecule has 0 bridgehead atoms. The van der Waals surface area contributed by atoms with Crippen LogP contribution in [0.5, 0.6) is 0 Å². The third-order valence-corrected chi connectivity index (χ3v) is 7.42. The molecule has 1 aliphatic carbocycles. The number of aryl methyl sites for hydroxylation is 2. The lowest BCUT2D eigenvalue weighted by molar-refractivity contribution is 0.249. The molecule has 1 aromatic carbocycles. The molecule has 0 amide bonds. The highest BCUT2D eigenvalue weighted by atomic mass is 14.7. The van der Waals surface area contributed by atoms with E-state index in [1.165, 1.54) is 107 Å². The minimum atomic E-state index is 0.952. The molecule has 1 fully saturated rings. The highest BCUT2D eigenvalue weighted by Crippen LogP contribution is 2.34. The molecule has 1 nitrogen and oxygen atoms in total. The summed E-state index contributed by atoms with van der Waals surface area (Å²) in [6.45, 7) is 4.58. The Balaban J connectivity index is 1.39. The van der Waals surface area contributed by atoms with Crippen LogP contribution in [0.15, 0.2) is 42.6 Å². The third kappa shape index (κ3) is 8.43. The second kappa shape index (κ2) is 13.7. The molecule has 1 aromatic heterocycles. The summed E-state index contributed by atoms with van der Waals surface area (Å²) in [5.41, 5.74) is 5.21. The molecule has 3 rings (SSSR count). The third-order valence-electron chi connectivity index (χ3n) is 7.42. The number of hydrogen-bond donors (Lipinski definition) is 0. The Kier molecular flexibility index (Phi) is 10.6. The Morgan fingerprint density at radius 3 is 1.94 bits per heavy atom. The molecule has 0 N–H and O–H groups in total. The lowest BCUT2D eigenvalue weighted by atomic mass is 9.78. The van der Waals surface area contributed by atoms with Gasteiger partial charge in [0.05, 0.1) is 5.69 Å². The fourth-order valence-electron chi connectivity index (χ4n) is 5.20. The molecule has 0 spiro atoms. The quantitative estimate of drug-likeness (QED) is 0.295.